The van der Waals surface area contributed by atoms with Gasteiger partial charge >= 0.3 is 0 Å². The molecule has 5 nitrogen and oxygen atoms in total. The smallest absolute Gasteiger partial charge is 0.251 e. The first-order valence-electron chi connectivity index (χ1n) is 5.86. The van der Waals surface area contributed by atoms with Crippen molar-refractivity contribution >= 4 is 23.3 Å². The second-order valence-electron chi connectivity index (χ2n) is 3.70. The first-order valence-corrected chi connectivity index (χ1v) is 6.23. The minimum atomic E-state index is -0.158. The van der Waals surface area contributed by atoms with Crippen molar-refractivity contribution in [3.8, 4) is 0 Å². The van der Waals surface area contributed by atoms with Crippen LogP contribution in [0.4, 0.5) is 5.82 Å². The van der Waals surface area contributed by atoms with Gasteiger partial charge in [0.05, 0.1) is 0 Å². The number of rotatable bonds is 7. The van der Waals surface area contributed by atoms with Crippen molar-refractivity contribution in [1.29, 1.82) is 0 Å². The van der Waals surface area contributed by atoms with Gasteiger partial charge < -0.3 is 15.4 Å². The molecule has 0 radical (unpaired) electrons. The molecule has 18 heavy (non-hydrogen) atoms. The van der Waals surface area contributed by atoms with Gasteiger partial charge in [-0.15, -0.1) is 0 Å². The van der Waals surface area contributed by atoms with Crippen LogP contribution in [0.25, 0.3) is 0 Å². The van der Waals surface area contributed by atoms with Crippen molar-refractivity contribution < 1.29 is 9.53 Å². The molecule has 0 atom stereocenters. The molecule has 0 saturated carbocycles. The monoisotopic (exact) mass is 271 g/mol. The third-order valence-electron chi connectivity index (χ3n) is 2.22. The summed E-state index contributed by atoms with van der Waals surface area (Å²) in [5, 5.41) is 6.12. The minimum absolute atomic E-state index is 0.158. The molecule has 100 valence electrons. The molecule has 1 heterocycles. The van der Waals surface area contributed by atoms with E-state index in [4.69, 9.17) is 16.3 Å². The number of nitrogens with one attached hydrogen (secondary N) is 2. The summed E-state index contributed by atoms with van der Waals surface area (Å²) in [5.41, 5.74) is 0.503. The van der Waals surface area contributed by atoms with Crippen molar-refractivity contribution in [3.05, 3.63) is 22.8 Å². The van der Waals surface area contributed by atoms with Crippen LogP contribution >= 0.6 is 11.6 Å². The summed E-state index contributed by atoms with van der Waals surface area (Å²) in [7, 11) is 1.63. The van der Waals surface area contributed by atoms with E-state index in [0.29, 0.717) is 29.7 Å². The summed E-state index contributed by atoms with van der Waals surface area (Å²) in [6.45, 7) is 3.87. The van der Waals surface area contributed by atoms with Crippen LogP contribution in [-0.4, -0.2) is 37.7 Å². The lowest BCUT2D eigenvalue weighted by Gasteiger charge is -2.08. The van der Waals surface area contributed by atoms with E-state index in [9.17, 15) is 4.79 Å². The minimum Gasteiger partial charge on any atom is -0.385 e. The number of aromatic nitrogens is 1. The maximum absolute atomic E-state index is 11.9. The van der Waals surface area contributed by atoms with Gasteiger partial charge in [-0.05, 0) is 25.5 Å². The number of ether oxygens (including phenoxy) is 1. The van der Waals surface area contributed by atoms with Crippen LogP contribution < -0.4 is 10.6 Å². The second kappa shape index (κ2) is 7.89. The Balaban J connectivity index is 2.61. The lowest BCUT2D eigenvalue weighted by atomic mass is 10.2. The third-order valence-corrected chi connectivity index (χ3v) is 2.42. The van der Waals surface area contributed by atoms with E-state index >= 15 is 0 Å². The number of halogens is 1. The first kappa shape index (κ1) is 14.7. The molecule has 0 aliphatic rings. The largest absolute Gasteiger partial charge is 0.385 e. The molecule has 0 aliphatic heterocycles. The van der Waals surface area contributed by atoms with Gasteiger partial charge in [0.25, 0.3) is 5.91 Å². The third kappa shape index (κ3) is 4.89. The van der Waals surface area contributed by atoms with Crippen molar-refractivity contribution in [1.82, 2.24) is 10.3 Å². The maximum atomic E-state index is 11.9. The Morgan fingerprint density at radius 1 is 1.50 bits per heavy atom. The number of amides is 1. The summed E-state index contributed by atoms with van der Waals surface area (Å²) in [6.07, 6.45) is 0.779. The van der Waals surface area contributed by atoms with Gasteiger partial charge in [0.2, 0.25) is 0 Å². The molecule has 1 amide bonds. The summed E-state index contributed by atoms with van der Waals surface area (Å²) in [6, 6.07) is 3.23. The fraction of sp³-hybridized carbons (Fsp3) is 0.500. The standard InChI is InChI=1S/C12H18ClN3O2/c1-3-14-11-8-9(7-10(13)16-11)12(17)15-5-4-6-18-2/h7-8H,3-6H2,1-2H3,(H,14,16)(H,15,17). The van der Waals surface area contributed by atoms with Gasteiger partial charge in [0, 0.05) is 32.4 Å². The second-order valence-corrected chi connectivity index (χ2v) is 4.08. The number of carbonyl (C=O) groups is 1. The normalized spacial score (nSPS) is 10.2. The topological polar surface area (TPSA) is 63.2 Å². The molecule has 1 aromatic heterocycles. The summed E-state index contributed by atoms with van der Waals surface area (Å²) >= 11 is 5.86. The van der Waals surface area contributed by atoms with Crippen LogP contribution in [0.5, 0.6) is 0 Å². The number of methoxy groups -OCH3 is 1. The molecule has 0 aliphatic carbocycles. The fourth-order valence-electron chi connectivity index (χ4n) is 1.42. The number of pyridine rings is 1. The van der Waals surface area contributed by atoms with Gasteiger partial charge in [-0.25, -0.2) is 4.98 Å². The van der Waals surface area contributed by atoms with E-state index in [0.717, 1.165) is 13.0 Å². The first-order chi connectivity index (χ1) is 8.67. The van der Waals surface area contributed by atoms with Gasteiger partial charge in [0.1, 0.15) is 11.0 Å². The maximum Gasteiger partial charge on any atom is 0.251 e. The Bertz CT molecular complexity index is 399. The zero-order chi connectivity index (χ0) is 13.4. The van der Waals surface area contributed by atoms with E-state index in [1.807, 2.05) is 6.92 Å². The van der Waals surface area contributed by atoms with Crippen LogP contribution in [0, 0.1) is 0 Å². The van der Waals surface area contributed by atoms with Crippen LogP contribution in [0.2, 0.25) is 5.15 Å². The highest BCUT2D eigenvalue weighted by Crippen LogP contribution is 2.14. The molecule has 2 N–H and O–H groups in total. The molecule has 1 rings (SSSR count). The van der Waals surface area contributed by atoms with Gasteiger partial charge in [-0.1, -0.05) is 11.6 Å². The number of anilines is 1. The molecule has 6 heteroatoms. The number of hydrogen-bond acceptors (Lipinski definition) is 4. The molecule has 0 spiro atoms. The average molecular weight is 272 g/mol. The van der Waals surface area contributed by atoms with E-state index in [1.165, 1.54) is 0 Å². The van der Waals surface area contributed by atoms with Crippen molar-refractivity contribution in [2.24, 2.45) is 0 Å². The van der Waals surface area contributed by atoms with Gasteiger partial charge in [-0.3, -0.25) is 4.79 Å². The van der Waals surface area contributed by atoms with Crippen LogP contribution in [-0.2, 0) is 4.74 Å². The molecule has 0 fully saturated rings. The van der Waals surface area contributed by atoms with E-state index in [-0.39, 0.29) is 5.91 Å². The highest BCUT2D eigenvalue weighted by atomic mass is 35.5. The zero-order valence-corrected chi connectivity index (χ0v) is 11.4. The van der Waals surface area contributed by atoms with E-state index in [1.54, 1.807) is 19.2 Å². The summed E-state index contributed by atoms with van der Waals surface area (Å²) in [5.74, 6) is 0.446. The summed E-state index contributed by atoms with van der Waals surface area (Å²) < 4.78 is 4.91. The predicted molar refractivity (Wildman–Crippen MR) is 72.2 cm³/mol. The molecular formula is C12H18ClN3O2. The van der Waals surface area contributed by atoms with Crippen molar-refractivity contribution in [2.75, 3.05) is 32.1 Å². The van der Waals surface area contributed by atoms with Crippen LogP contribution in [0.1, 0.15) is 23.7 Å². The lowest BCUT2D eigenvalue weighted by molar-refractivity contribution is 0.0948. The quantitative estimate of drug-likeness (QED) is 0.588. The van der Waals surface area contributed by atoms with Crippen molar-refractivity contribution in [2.45, 2.75) is 13.3 Å². The van der Waals surface area contributed by atoms with Gasteiger partial charge in [-0.2, -0.15) is 0 Å². The van der Waals surface area contributed by atoms with Gasteiger partial charge in [0.15, 0.2) is 0 Å². The molecule has 0 saturated heterocycles. The Morgan fingerprint density at radius 3 is 2.94 bits per heavy atom. The number of hydrogen-bond donors (Lipinski definition) is 2. The Morgan fingerprint density at radius 2 is 2.28 bits per heavy atom. The van der Waals surface area contributed by atoms with E-state index in [2.05, 4.69) is 15.6 Å². The Hall–Kier alpha value is -1.33. The highest BCUT2D eigenvalue weighted by Gasteiger charge is 2.08. The molecule has 0 unspecified atom stereocenters. The van der Waals surface area contributed by atoms with Crippen molar-refractivity contribution in [3.63, 3.8) is 0 Å². The predicted octanol–water partition coefficient (Wildman–Crippen LogP) is 1.93. The Labute approximate surface area is 112 Å². The summed E-state index contributed by atoms with van der Waals surface area (Å²) in [4.78, 5) is 15.9. The molecule has 0 aromatic carbocycles. The fourth-order valence-corrected chi connectivity index (χ4v) is 1.63. The zero-order valence-electron chi connectivity index (χ0n) is 10.6. The number of nitrogens with zero attached hydrogens (tertiary/aromatic N) is 1. The highest BCUT2D eigenvalue weighted by molar-refractivity contribution is 6.29. The number of carbonyl (C=O) groups excluding carboxylic acids is 1. The van der Waals surface area contributed by atoms with E-state index < -0.39 is 0 Å². The lowest BCUT2D eigenvalue weighted by Crippen LogP contribution is -2.25. The average Bonchev–Trinajstić information content (AvgIpc) is 2.34. The molecule has 0 bridgehead atoms. The van der Waals surface area contributed by atoms with Crippen LogP contribution in [0.3, 0.4) is 0 Å². The molecule has 1 aromatic rings. The molecular weight excluding hydrogens is 254 g/mol. The van der Waals surface area contributed by atoms with Crippen LogP contribution in [0.15, 0.2) is 12.1 Å². The Kier molecular flexibility index (Phi) is 6.46. The SMILES string of the molecule is CCNc1cc(C(=O)NCCCOC)cc(Cl)n1.